The minimum Gasteiger partial charge on any atom is -0.419 e. The average molecular weight is 389 g/mol. The number of benzene rings is 1. The molecule has 1 aromatic carbocycles. The summed E-state index contributed by atoms with van der Waals surface area (Å²) >= 11 is 3.18. The second-order valence-electron chi connectivity index (χ2n) is 5.19. The van der Waals surface area contributed by atoms with E-state index in [-0.39, 0.29) is 16.0 Å². The summed E-state index contributed by atoms with van der Waals surface area (Å²) in [7, 11) is -3.54. The van der Waals surface area contributed by atoms with E-state index in [2.05, 4.69) is 15.9 Å². The molecule has 0 aliphatic carbocycles. The van der Waals surface area contributed by atoms with Gasteiger partial charge in [-0.15, -0.1) is 0 Å². The Morgan fingerprint density at radius 3 is 2.18 bits per heavy atom. The summed E-state index contributed by atoms with van der Waals surface area (Å²) in [5.74, 6) is -3.06. The highest BCUT2D eigenvalue weighted by Gasteiger charge is 2.39. The Hall–Kier alpha value is -1.67. The van der Waals surface area contributed by atoms with Gasteiger partial charge in [-0.05, 0) is 23.8 Å². The van der Waals surface area contributed by atoms with Gasteiger partial charge in [-0.25, -0.2) is 18.0 Å². The zero-order valence-electron chi connectivity index (χ0n) is 12.0. The first-order valence-corrected chi connectivity index (χ1v) is 8.86. The molecule has 1 aliphatic heterocycles. The van der Waals surface area contributed by atoms with Crippen molar-refractivity contribution in [3.8, 4) is 0 Å². The number of cyclic esters (lactones) is 2. The van der Waals surface area contributed by atoms with Crippen molar-refractivity contribution in [1.82, 2.24) is 0 Å². The number of rotatable bonds is 2. The third kappa shape index (κ3) is 3.56. The van der Waals surface area contributed by atoms with Crippen molar-refractivity contribution in [3.05, 3.63) is 33.8 Å². The zero-order chi connectivity index (χ0) is 16.7. The second kappa shape index (κ2) is 5.51. The first kappa shape index (κ1) is 16.7. The molecule has 8 heteroatoms. The molecule has 6 nitrogen and oxygen atoms in total. The molecule has 0 atom stereocenters. The van der Waals surface area contributed by atoms with E-state index in [1.165, 1.54) is 26.0 Å². The van der Waals surface area contributed by atoms with Crippen molar-refractivity contribution in [2.75, 3.05) is 6.26 Å². The summed E-state index contributed by atoms with van der Waals surface area (Å²) in [5, 5.41) is 0. The Morgan fingerprint density at radius 1 is 1.14 bits per heavy atom. The lowest BCUT2D eigenvalue weighted by atomic mass is 10.1. The molecule has 1 aliphatic rings. The van der Waals surface area contributed by atoms with Crippen LogP contribution >= 0.6 is 15.9 Å². The molecule has 0 radical (unpaired) electrons. The van der Waals surface area contributed by atoms with Crippen LogP contribution in [0.5, 0.6) is 0 Å². The highest BCUT2D eigenvalue weighted by molar-refractivity contribution is 9.10. The Balaban J connectivity index is 2.55. The standard InChI is InChI=1S/C14H13BrO6S/c1-14(2)20-12(16)10(13(17)21-14)6-8-4-5-9(15)7-11(8)22(3,18)19/h4-7H,1-3H3. The van der Waals surface area contributed by atoms with Gasteiger partial charge in [0.25, 0.3) is 5.79 Å². The molecular weight excluding hydrogens is 376 g/mol. The molecule has 0 N–H and O–H groups in total. The molecular formula is C14H13BrO6S. The Kier molecular flexibility index (Phi) is 4.18. The molecule has 0 amide bonds. The lowest BCUT2D eigenvalue weighted by Gasteiger charge is -2.29. The molecule has 1 fully saturated rings. The summed E-state index contributed by atoms with van der Waals surface area (Å²) < 4.78 is 34.2. The molecule has 1 aromatic rings. The Labute approximate surface area is 136 Å². The van der Waals surface area contributed by atoms with Gasteiger partial charge in [-0.3, -0.25) is 0 Å². The van der Waals surface area contributed by atoms with Gasteiger partial charge in [0.15, 0.2) is 9.84 Å². The number of ether oxygens (including phenoxy) is 2. The van der Waals surface area contributed by atoms with Gasteiger partial charge in [-0.1, -0.05) is 22.0 Å². The van der Waals surface area contributed by atoms with Crippen LogP contribution in [0.3, 0.4) is 0 Å². The predicted octanol–water partition coefficient (Wildman–Crippen LogP) is 2.07. The van der Waals surface area contributed by atoms with E-state index in [9.17, 15) is 18.0 Å². The third-order valence-electron chi connectivity index (χ3n) is 2.79. The fourth-order valence-corrected chi connectivity index (χ4v) is 3.29. The van der Waals surface area contributed by atoms with Gasteiger partial charge in [0.2, 0.25) is 0 Å². The molecule has 0 saturated carbocycles. The Morgan fingerprint density at radius 2 is 1.68 bits per heavy atom. The number of hydrogen-bond acceptors (Lipinski definition) is 6. The topological polar surface area (TPSA) is 86.7 Å². The lowest BCUT2D eigenvalue weighted by Crippen LogP contribution is -2.41. The van der Waals surface area contributed by atoms with Gasteiger partial charge in [0.1, 0.15) is 5.57 Å². The van der Waals surface area contributed by atoms with E-state index >= 15 is 0 Å². The first-order valence-electron chi connectivity index (χ1n) is 6.17. The molecule has 2 rings (SSSR count). The fourth-order valence-electron chi connectivity index (χ4n) is 1.88. The smallest absolute Gasteiger partial charge is 0.348 e. The molecule has 0 unspecified atom stereocenters. The van der Waals surface area contributed by atoms with E-state index in [1.54, 1.807) is 6.07 Å². The molecule has 0 aromatic heterocycles. The van der Waals surface area contributed by atoms with E-state index in [0.29, 0.717) is 4.47 Å². The van der Waals surface area contributed by atoms with Crippen LogP contribution in [0.2, 0.25) is 0 Å². The number of sulfone groups is 1. The summed E-state index contributed by atoms with van der Waals surface area (Å²) in [5.41, 5.74) is -0.152. The minimum absolute atomic E-state index is 0.0141. The summed E-state index contributed by atoms with van der Waals surface area (Å²) in [6.07, 6.45) is 2.19. The highest BCUT2D eigenvalue weighted by Crippen LogP contribution is 2.27. The Bertz CT molecular complexity index is 770. The summed E-state index contributed by atoms with van der Waals surface area (Å²) in [6.45, 7) is 2.86. The van der Waals surface area contributed by atoms with Crippen LogP contribution in [0.25, 0.3) is 6.08 Å². The zero-order valence-corrected chi connectivity index (χ0v) is 14.4. The third-order valence-corrected chi connectivity index (χ3v) is 4.44. The molecule has 22 heavy (non-hydrogen) atoms. The largest absolute Gasteiger partial charge is 0.419 e. The SMILES string of the molecule is CC1(C)OC(=O)C(=Cc2ccc(Br)cc2S(C)(=O)=O)C(=O)O1. The van der Waals surface area contributed by atoms with Gasteiger partial charge >= 0.3 is 11.9 Å². The monoisotopic (exact) mass is 388 g/mol. The van der Waals surface area contributed by atoms with Crippen LogP contribution in [-0.2, 0) is 28.9 Å². The second-order valence-corrected chi connectivity index (χ2v) is 8.09. The maximum Gasteiger partial charge on any atom is 0.348 e. The quantitative estimate of drug-likeness (QED) is 0.437. The summed E-state index contributed by atoms with van der Waals surface area (Å²) in [6, 6.07) is 4.48. The number of halogens is 1. The maximum atomic E-state index is 11.9. The van der Waals surface area contributed by atoms with Crippen LogP contribution in [0, 0.1) is 0 Å². The van der Waals surface area contributed by atoms with Crippen molar-refractivity contribution in [2.24, 2.45) is 0 Å². The predicted molar refractivity (Wildman–Crippen MR) is 81.5 cm³/mol. The number of carbonyl (C=O) groups is 2. The van der Waals surface area contributed by atoms with E-state index < -0.39 is 27.6 Å². The van der Waals surface area contributed by atoms with Crippen molar-refractivity contribution in [2.45, 2.75) is 24.5 Å². The van der Waals surface area contributed by atoms with Gasteiger partial charge in [-0.2, -0.15) is 0 Å². The van der Waals surface area contributed by atoms with Gasteiger partial charge in [0, 0.05) is 24.6 Å². The molecule has 1 heterocycles. The van der Waals surface area contributed by atoms with Crippen LogP contribution in [0.1, 0.15) is 19.4 Å². The first-order chi connectivity index (χ1) is 9.99. The molecule has 0 spiro atoms. The van der Waals surface area contributed by atoms with Crippen molar-refractivity contribution < 1.29 is 27.5 Å². The molecule has 118 valence electrons. The lowest BCUT2D eigenvalue weighted by molar-refractivity contribution is -0.222. The maximum absolute atomic E-state index is 11.9. The van der Waals surface area contributed by atoms with Crippen molar-refractivity contribution in [1.29, 1.82) is 0 Å². The van der Waals surface area contributed by atoms with Crippen LogP contribution in [0.4, 0.5) is 0 Å². The normalized spacial score (nSPS) is 17.7. The van der Waals surface area contributed by atoms with Crippen molar-refractivity contribution in [3.63, 3.8) is 0 Å². The highest BCUT2D eigenvalue weighted by atomic mass is 79.9. The minimum atomic E-state index is -3.54. The van der Waals surface area contributed by atoms with Gasteiger partial charge < -0.3 is 9.47 Å². The van der Waals surface area contributed by atoms with Crippen molar-refractivity contribution >= 4 is 43.8 Å². The number of carbonyl (C=O) groups excluding carboxylic acids is 2. The fraction of sp³-hybridized carbons (Fsp3) is 0.286. The van der Waals surface area contributed by atoms with Crippen LogP contribution in [0.15, 0.2) is 33.1 Å². The van der Waals surface area contributed by atoms with Gasteiger partial charge in [0.05, 0.1) is 4.90 Å². The van der Waals surface area contributed by atoms with E-state index in [0.717, 1.165) is 12.3 Å². The number of hydrogen-bond donors (Lipinski definition) is 0. The average Bonchev–Trinajstić information content (AvgIpc) is 2.32. The van der Waals surface area contributed by atoms with Crippen LogP contribution in [-0.4, -0.2) is 32.4 Å². The number of esters is 2. The molecule has 1 saturated heterocycles. The van der Waals surface area contributed by atoms with E-state index in [4.69, 9.17) is 9.47 Å². The summed E-state index contributed by atoms with van der Waals surface area (Å²) in [4.78, 5) is 23.8. The van der Waals surface area contributed by atoms with E-state index in [1.807, 2.05) is 0 Å². The van der Waals surface area contributed by atoms with Crippen LogP contribution < -0.4 is 0 Å². The molecule has 0 bridgehead atoms.